The fraction of sp³-hybridized carbons (Fsp3) is 0.158. The van der Waals surface area contributed by atoms with Gasteiger partial charge < -0.3 is 9.88 Å². The van der Waals surface area contributed by atoms with Crippen LogP contribution in [0.2, 0.25) is 0 Å². The molecule has 2 N–H and O–H groups in total. The van der Waals surface area contributed by atoms with Gasteiger partial charge in [-0.3, -0.25) is 19.7 Å². The molecule has 2 amide bonds. The number of hydrogen-bond donors (Lipinski definition) is 2. The summed E-state index contributed by atoms with van der Waals surface area (Å²) in [7, 11) is 0. The Hall–Kier alpha value is -3.26. The molecule has 0 saturated heterocycles. The molecule has 0 atom stereocenters. The van der Waals surface area contributed by atoms with Gasteiger partial charge in [0.2, 0.25) is 5.91 Å². The molecule has 0 radical (unpaired) electrons. The number of thiazole rings is 1. The lowest BCUT2D eigenvalue weighted by Gasteiger charge is -2.09. The van der Waals surface area contributed by atoms with Gasteiger partial charge in [0, 0.05) is 28.9 Å². The highest BCUT2D eigenvalue weighted by Crippen LogP contribution is 2.16. The number of carbonyl (C=O) groups is 2. The van der Waals surface area contributed by atoms with Gasteiger partial charge in [0.15, 0.2) is 5.13 Å². The minimum atomic E-state index is -0.321. The zero-order valence-electron chi connectivity index (χ0n) is 14.9. The van der Waals surface area contributed by atoms with Crippen molar-refractivity contribution in [1.82, 2.24) is 9.55 Å². The molecule has 7 nitrogen and oxygen atoms in total. The highest BCUT2D eigenvalue weighted by atomic mass is 32.1. The lowest BCUT2D eigenvalue weighted by molar-refractivity contribution is -0.116. The van der Waals surface area contributed by atoms with Crippen LogP contribution in [-0.2, 0) is 11.3 Å². The maximum Gasteiger partial charge on any atom is 0.257 e. The summed E-state index contributed by atoms with van der Waals surface area (Å²) in [6.45, 7) is 3.63. The third kappa shape index (κ3) is 4.89. The van der Waals surface area contributed by atoms with E-state index in [1.54, 1.807) is 36.5 Å². The van der Waals surface area contributed by atoms with E-state index < -0.39 is 0 Å². The number of anilines is 2. The monoisotopic (exact) mass is 382 g/mol. The van der Waals surface area contributed by atoms with Gasteiger partial charge in [0.05, 0.1) is 5.69 Å². The molecular weight excluding hydrogens is 364 g/mol. The van der Waals surface area contributed by atoms with Gasteiger partial charge in [-0.1, -0.05) is 6.07 Å². The van der Waals surface area contributed by atoms with Crippen LogP contribution in [0.15, 0.2) is 52.8 Å². The first-order valence-electron chi connectivity index (χ1n) is 8.21. The van der Waals surface area contributed by atoms with E-state index >= 15 is 0 Å². The molecule has 1 aromatic carbocycles. The van der Waals surface area contributed by atoms with Crippen LogP contribution in [-0.4, -0.2) is 21.4 Å². The Morgan fingerprint density at radius 3 is 2.48 bits per heavy atom. The Bertz CT molecular complexity index is 1040. The number of hydrogen-bond acceptors (Lipinski definition) is 5. The first-order valence-corrected chi connectivity index (χ1v) is 9.09. The summed E-state index contributed by atoms with van der Waals surface area (Å²) in [6, 6.07) is 9.64. The van der Waals surface area contributed by atoms with Gasteiger partial charge in [-0.05, 0) is 43.7 Å². The minimum absolute atomic E-state index is 0.0772. The standard InChI is InChI=1S/C19H18N4O3S/c1-12-3-8-17(25)23(9-12)10-16(24)21-15-6-4-14(5-7-15)18(26)22-19-20-13(2)11-27-19/h3-9,11H,10H2,1-2H3,(H,21,24)(H,20,22,26). The molecule has 138 valence electrons. The highest BCUT2D eigenvalue weighted by Gasteiger charge is 2.10. The first kappa shape index (κ1) is 18.5. The second kappa shape index (κ2) is 7.96. The molecule has 0 bridgehead atoms. The Labute approximate surface area is 159 Å². The van der Waals surface area contributed by atoms with Gasteiger partial charge in [0.1, 0.15) is 6.54 Å². The summed E-state index contributed by atoms with van der Waals surface area (Å²) in [5.74, 6) is -0.591. The maximum atomic E-state index is 12.2. The van der Waals surface area contributed by atoms with E-state index in [2.05, 4.69) is 15.6 Å². The summed E-state index contributed by atoms with van der Waals surface area (Å²) in [5, 5.41) is 7.84. The maximum absolute atomic E-state index is 12.2. The summed E-state index contributed by atoms with van der Waals surface area (Å²) in [6.07, 6.45) is 1.63. The molecular formula is C19H18N4O3S. The van der Waals surface area contributed by atoms with Crippen molar-refractivity contribution in [2.75, 3.05) is 10.6 Å². The van der Waals surface area contributed by atoms with Crippen molar-refractivity contribution in [2.45, 2.75) is 20.4 Å². The fourth-order valence-corrected chi connectivity index (χ4v) is 3.10. The average Bonchev–Trinajstić information content (AvgIpc) is 3.03. The first-order chi connectivity index (χ1) is 12.9. The van der Waals surface area contributed by atoms with Gasteiger partial charge in [-0.15, -0.1) is 11.3 Å². The molecule has 0 saturated carbocycles. The van der Waals surface area contributed by atoms with Gasteiger partial charge in [-0.25, -0.2) is 4.98 Å². The molecule has 0 aliphatic heterocycles. The number of nitrogens with one attached hydrogen (secondary N) is 2. The van der Waals surface area contributed by atoms with Crippen LogP contribution >= 0.6 is 11.3 Å². The number of aromatic nitrogens is 2. The topological polar surface area (TPSA) is 93.1 Å². The zero-order chi connectivity index (χ0) is 19.4. The van der Waals surface area contributed by atoms with Crippen LogP contribution in [0.3, 0.4) is 0 Å². The summed E-state index contributed by atoms with van der Waals surface area (Å²) in [5.41, 5.74) is 2.51. The molecule has 3 rings (SSSR count). The molecule has 0 aliphatic rings. The molecule has 0 spiro atoms. The number of pyridine rings is 1. The number of aryl methyl sites for hydroxylation is 2. The average molecular weight is 382 g/mol. The van der Waals surface area contributed by atoms with E-state index in [0.29, 0.717) is 16.4 Å². The molecule has 0 unspecified atom stereocenters. The Balaban J connectivity index is 1.61. The van der Waals surface area contributed by atoms with Crippen LogP contribution in [0, 0.1) is 13.8 Å². The Morgan fingerprint density at radius 1 is 1.07 bits per heavy atom. The van der Waals surface area contributed by atoms with Crippen molar-refractivity contribution in [3.8, 4) is 0 Å². The van der Waals surface area contributed by atoms with Crippen LogP contribution in [0.4, 0.5) is 10.8 Å². The predicted molar refractivity (Wildman–Crippen MR) is 105 cm³/mol. The van der Waals surface area contributed by atoms with Crippen molar-refractivity contribution in [3.63, 3.8) is 0 Å². The van der Waals surface area contributed by atoms with E-state index in [4.69, 9.17) is 0 Å². The van der Waals surface area contributed by atoms with E-state index in [-0.39, 0.29) is 23.9 Å². The predicted octanol–water partition coefficient (Wildman–Crippen LogP) is 2.81. The van der Waals surface area contributed by atoms with Crippen molar-refractivity contribution >= 4 is 34.0 Å². The SMILES string of the molecule is Cc1ccc(=O)n(CC(=O)Nc2ccc(C(=O)Nc3nc(C)cs3)cc2)c1. The van der Waals surface area contributed by atoms with Crippen molar-refractivity contribution in [3.05, 3.63) is 75.1 Å². The van der Waals surface area contributed by atoms with Crippen molar-refractivity contribution in [2.24, 2.45) is 0 Å². The smallest absolute Gasteiger partial charge is 0.257 e. The van der Waals surface area contributed by atoms with Gasteiger partial charge in [-0.2, -0.15) is 0 Å². The normalized spacial score (nSPS) is 10.4. The molecule has 27 heavy (non-hydrogen) atoms. The van der Waals surface area contributed by atoms with Crippen LogP contribution in [0.25, 0.3) is 0 Å². The number of rotatable bonds is 5. The van der Waals surface area contributed by atoms with Crippen LogP contribution in [0.1, 0.15) is 21.6 Å². The van der Waals surface area contributed by atoms with Crippen LogP contribution < -0.4 is 16.2 Å². The third-order valence-electron chi connectivity index (χ3n) is 3.72. The molecule has 8 heteroatoms. The molecule has 0 fully saturated rings. The van der Waals surface area contributed by atoms with Gasteiger partial charge in [0.25, 0.3) is 11.5 Å². The summed E-state index contributed by atoms with van der Waals surface area (Å²) >= 11 is 1.36. The highest BCUT2D eigenvalue weighted by molar-refractivity contribution is 7.13. The summed E-state index contributed by atoms with van der Waals surface area (Å²) in [4.78, 5) is 40.3. The Morgan fingerprint density at radius 2 is 1.81 bits per heavy atom. The fourth-order valence-electron chi connectivity index (χ4n) is 2.42. The molecule has 0 aliphatic carbocycles. The summed E-state index contributed by atoms with van der Waals surface area (Å²) < 4.78 is 1.35. The number of benzene rings is 1. The van der Waals surface area contributed by atoms with E-state index in [0.717, 1.165) is 11.3 Å². The number of amides is 2. The van der Waals surface area contributed by atoms with E-state index in [1.165, 1.54) is 22.0 Å². The second-order valence-corrected chi connectivity index (χ2v) is 6.90. The number of nitrogens with zero attached hydrogens (tertiary/aromatic N) is 2. The Kier molecular flexibility index (Phi) is 5.46. The zero-order valence-corrected chi connectivity index (χ0v) is 15.7. The minimum Gasteiger partial charge on any atom is -0.325 e. The van der Waals surface area contributed by atoms with E-state index in [1.807, 2.05) is 19.2 Å². The number of carbonyl (C=O) groups excluding carboxylic acids is 2. The largest absolute Gasteiger partial charge is 0.325 e. The van der Waals surface area contributed by atoms with Crippen molar-refractivity contribution in [1.29, 1.82) is 0 Å². The lowest BCUT2D eigenvalue weighted by Crippen LogP contribution is -2.26. The van der Waals surface area contributed by atoms with E-state index in [9.17, 15) is 14.4 Å². The lowest BCUT2D eigenvalue weighted by atomic mass is 10.2. The quantitative estimate of drug-likeness (QED) is 0.710. The van der Waals surface area contributed by atoms with Crippen molar-refractivity contribution < 1.29 is 9.59 Å². The molecule has 2 aromatic heterocycles. The second-order valence-electron chi connectivity index (χ2n) is 6.05. The van der Waals surface area contributed by atoms with Gasteiger partial charge >= 0.3 is 0 Å². The van der Waals surface area contributed by atoms with Crippen LogP contribution in [0.5, 0.6) is 0 Å². The molecule has 3 aromatic rings. The third-order valence-corrected chi connectivity index (χ3v) is 4.59. The molecule has 2 heterocycles.